The summed E-state index contributed by atoms with van der Waals surface area (Å²) < 4.78 is 30.9. The molecule has 0 bridgehead atoms. The smallest absolute Gasteiger partial charge is 0.284 e. The molecule has 160 valence electrons. The quantitative estimate of drug-likeness (QED) is 0.267. The zero-order valence-electron chi connectivity index (χ0n) is 17.1. The van der Waals surface area contributed by atoms with Crippen LogP contribution in [0.5, 0.6) is 0 Å². The van der Waals surface area contributed by atoms with Gasteiger partial charge in [-0.15, -0.1) is 4.40 Å². The number of benzene rings is 2. The van der Waals surface area contributed by atoms with Crippen LogP contribution in [0, 0.1) is 5.92 Å². The first kappa shape index (κ1) is 23.5. The molecular weight excluding hydrogens is 544 g/mol. The van der Waals surface area contributed by atoms with Crippen molar-refractivity contribution in [2.24, 2.45) is 15.3 Å². The van der Waals surface area contributed by atoms with Gasteiger partial charge in [0.2, 0.25) is 0 Å². The Labute approximate surface area is 199 Å². The molecule has 0 saturated carbocycles. The highest BCUT2D eigenvalue weighted by Gasteiger charge is 2.31. The van der Waals surface area contributed by atoms with E-state index < -0.39 is 10.0 Å². The fraction of sp³-hybridized carbons (Fsp3) is 0.174. The van der Waals surface area contributed by atoms with Crippen molar-refractivity contribution in [3.8, 4) is 0 Å². The number of sulfonamides is 1. The van der Waals surface area contributed by atoms with Crippen molar-refractivity contribution in [1.29, 1.82) is 0 Å². The van der Waals surface area contributed by atoms with Crippen LogP contribution in [0.3, 0.4) is 0 Å². The van der Waals surface area contributed by atoms with Crippen LogP contribution in [0.1, 0.15) is 26.3 Å². The molecule has 2 aromatic rings. The molecule has 0 heterocycles. The Hall–Kier alpha value is -2.16. The second kappa shape index (κ2) is 9.54. The summed E-state index contributed by atoms with van der Waals surface area (Å²) in [5.41, 5.74) is 2.17. The van der Waals surface area contributed by atoms with Crippen molar-refractivity contribution in [3.05, 3.63) is 86.3 Å². The highest BCUT2D eigenvalue weighted by molar-refractivity contribution is 9.12. The Bertz CT molecular complexity index is 1240. The lowest BCUT2D eigenvalue weighted by Crippen LogP contribution is -2.22. The topological polar surface area (TPSA) is 75.9 Å². The molecule has 0 fully saturated rings. The predicted octanol–water partition coefficient (Wildman–Crippen LogP) is 5.82. The molecule has 2 aromatic carbocycles. The van der Waals surface area contributed by atoms with Gasteiger partial charge in [-0.25, -0.2) is 4.99 Å². The summed E-state index contributed by atoms with van der Waals surface area (Å²) in [6, 6.07) is 16.9. The molecule has 0 spiro atoms. The third kappa shape index (κ3) is 5.02. The minimum atomic E-state index is -3.99. The van der Waals surface area contributed by atoms with E-state index in [9.17, 15) is 13.2 Å². The Kier molecular flexibility index (Phi) is 7.24. The number of hydrogen-bond acceptors (Lipinski definition) is 3. The molecule has 0 aliphatic heterocycles. The molecule has 1 aliphatic rings. The van der Waals surface area contributed by atoms with Gasteiger partial charge in [0.05, 0.1) is 19.6 Å². The zero-order valence-corrected chi connectivity index (χ0v) is 21.1. The fourth-order valence-corrected chi connectivity index (χ4v) is 5.43. The summed E-state index contributed by atoms with van der Waals surface area (Å²) in [4.78, 5) is 17.4. The molecular formula is C23H20Br2N2O3S. The molecule has 8 heteroatoms. The van der Waals surface area contributed by atoms with Crippen LogP contribution in [0.4, 0.5) is 0 Å². The minimum Gasteiger partial charge on any atom is -0.288 e. The molecule has 0 N–H and O–H groups in total. The monoisotopic (exact) mass is 562 g/mol. The number of Topliss-reactive ketones (excluding diaryl/α,β-unsaturated/α-hetero) is 1. The first-order valence-electron chi connectivity index (χ1n) is 9.49. The van der Waals surface area contributed by atoms with Crippen LogP contribution < -0.4 is 0 Å². The van der Waals surface area contributed by atoms with Gasteiger partial charge in [-0.2, -0.15) is 8.42 Å². The maximum Gasteiger partial charge on any atom is 0.284 e. The lowest BCUT2D eigenvalue weighted by Gasteiger charge is -2.22. The molecule has 3 rings (SSSR count). The standard InChI is InChI=1S/C23H20Br2N2O3S/c1-14(2)18-20(25)21(15(3)19(24)22(18)28)26-23(16-10-6-4-7-11-16)27-31(29,30)17-12-8-5-9-13-17/h4-14H,1-3H3. The molecule has 0 unspecified atom stereocenters. The molecule has 31 heavy (non-hydrogen) atoms. The van der Waals surface area contributed by atoms with Crippen LogP contribution in [0.15, 0.2) is 95.1 Å². The average molecular weight is 564 g/mol. The number of amidine groups is 1. The Morgan fingerprint density at radius 2 is 1.45 bits per heavy atom. The summed E-state index contributed by atoms with van der Waals surface area (Å²) >= 11 is 6.90. The molecule has 1 aliphatic carbocycles. The summed E-state index contributed by atoms with van der Waals surface area (Å²) in [7, 11) is -3.99. The molecule has 0 saturated heterocycles. The SMILES string of the molecule is CC1=C(Br)C(=O)C(C(C)C)=C(Br)C1=NC(=NS(=O)(=O)c1ccccc1)c1ccccc1. The third-order valence-electron chi connectivity index (χ3n) is 4.65. The molecule has 0 amide bonds. The lowest BCUT2D eigenvalue weighted by molar-refractivity contribution is -0.112. The largest absolute Gasteiger partial charge is 0.288 e. The Balaban J connectivity index is 2.27. The predicted molar refractivity (Wildman–Crippen MR) is 131 cm³/mol. The second-order valence-corrected chi connectivity index (χ2v) is 10.4. The summed E-state index contributed by atoms with van der Waals surface area (Å²) in [5.74, 6) is -0.139. The van der Waals surface area contributed by atoms with E-state index in [-0.39, 0.29) is 22.4 Å². The molecule has 0 radical (unpaired) electrons. The van der Waals surface area contributed by atoms with Gasteiger partial charge in [-0.1, -0.05) is 62.4 Å². The number of allylic oxidation sites excluding steroid dienone is 4. The van der Waals surface area contributed by atoms with E-state index in [0.717, 1.165) is 0 Å². The van der Waals surface area contributed by atoms with Crippen LogP contribution in [0.25, 0.3) is 0 Å². The maximum absolute atomic E-state index is 13.0. The first-order valence-corrected chi connectivity index (χ1v) is 12.5. The molecule has 0 atom stereocenters. The number of carbonyl (C=O) groups is 1. The maximum atomic E-state index is 13.0. The van der Waals surface area contributed by atoms with Gasteiger partial charge in [0.1, 0.15) is 0 Å². The van der Waals surface area contributed by atoms with Crippen LogP contribution in [-0.4, -0.2) is 25.7 Å². The number of ketones is 1. The summed E-state index contributed by atoms with van der Waals surface area (Å²) in [6.45, 7) is 5.59. The number of aliphatic imine (C=N–C) groups is 1. The number of rotatable bonds is 4. The highest BCUT2D eigenvalue weighted by atomic mass is 79.9. The van der Waals surface area contributed by atoms with Gasteiger partial charge in [-0.3, -0.25) is 4.79 Å². The molecule has 5 nitrogen and oxygen atoms in total. The normalized spacial score (nSPS) is 17.2. The van der Waals surface area contributed by atoms with E-state index in [4.69, 9.17) is 0 Å². The van der Waals surface area contributed by atoms with Crippen molar-refractivity contribution >= 4 is 59.2 Å². The van der Waals surface area contributed by atoms with Crippen LogP contribution in [0.2, 0.25) is 0 Å². The van der Waals surface area contributed by atoms with Crippen molar-refractivity contribution < 1.29 is 13.2 Å². The number of nitrogens with zero attached hydrogens (tertiary/aromatic N) is 2. The number of hydrogen-bond donors (Lipinski definition) is 0. The van der Waals surface area contributed by atoms with Gasteiger partial charge in [0.25, 0.3) is 10.0 Å². The lowest BCUT2D eigenvalue weighted by atomic mass is 9.90. The fourth-order valence-electron chi connectivity index (χ4n) is 3.02. The van der Waals surface area contributed by atoms with Gasteiger partial charge < -0.3 is 0 Å². The number of halogens is 2. The van der Waals surface area contributed by atoms with Crippen LogP contribution >= 0.6 is 31.9 Å². The Morgan fingerprint density at radius 3 is 2.00 bits per heavy atom. The van der Waals surface area contributed by atoms with E-state index >= 15 is 0 Å². The second-order valence-electron chi connectivity index (χ2n) is 7.18. The third-order valence-corrected chi connectivity index (χ3v) is 7.69. The van der Waals surface area contributed by atoms with E-state index in [1.54, 1.807) is 49.4 Å². The van der Waals surface area contributed by atoms with Crippen molar-refractivity contribution in [2.75, 3.05) is 0 Å². The highest BCUT2D eigenvalue weighted by Crippen LogP contribution is 2.35. The number of carbonyl (C=O) groups excluding carboxylic acids is 1. The summed E-state index contributed by atoms with van der Waals surface area (Å²) in [6.07, 6.45) is 0. The summed E-state index contributed by atoms with van der Waals surface area (Å²) in [5, 5.41) is 0. The van der Waals surface area contributed by atoms with E-state index in [1.165, 1.54) is 12.1 Å². The van der Waals surface area contributed by atoms with E-state index in [1.807, 2.05) is 19.9 Å². The molecule has 0 aromatic heterocycles. The van der Waals surface area contributed by atoms with Crippen molar-refractivity contribution in [2.45, 2.75) is 25.7 Å². The Morgan fingerprint density at radius 1 is 0.903 bits per heavy atom. The van der Waals surface area contributed by atoms with Crippen LogP contribution in [-0.2, 0) is 14.8 Å². The van der Waals surface area contributed by atoms with E-state index in [2.05, 4.69) is 41.3 Å². The van der Waals surface area contributed by atoms with Crippen molar-refractivity contribution in [3.63, 3.8) is 0 Å². The van der Waals surface area contributed by atoms with Gasteiger partial charge in [-0.05, 0) is 62.4 Å². The zero-order chi connectivity index (χ0) is 22.8. The van der Waals surface area contributed by atoms with E-state index in [0.29, 0.717) is 31.4 Å². The van der Waals surface area contributed by atoms with Crippen molar-refractivity contribution in [1.82, 2.24) is 0 Å². The van der Waals surface area contributed by atoms with Gasteiger partial charge in [0.15, 0.2) is 11.6 Å². The average Bonchev–Trinajstić information content (AvgIpc) is 2.75. The first-order chi connectivity index (χ1) is 14.6. The van der Waals surface area contributed by atoms with Gasteiger partial charge >= 0.3 is 0 Å². The minimum absolute atomic E-state index is 0.0357. The van der Waals surface area contributed by atoms with Gasteiger partial charge in [0, 0.05) is 11.1 Å².